The fourth-order valence-electron chi connectivity index (χ4n) is 2.05. The van der Waals surface area contributed by atoms with Crippen LogP contribution in [0.2, 0.25) is 0 Å². The molecule has 2 atom stereocenters. The van der Waals surface area contributed by atoms with Gasteiger partial charge >= 0.3 is 0 Å². The number of rotatable bonds is 8. The molecule has 3 nitrogen and oxygen atoms in total. The summed E-state index contributed by atoms with van der Waals surface area (Å²) >= 11 is 0. The van der Waals surface area contributed by atoms with Crippen LogP contribution < -0.4 is 5.32 Å². The lowest BCUT2D eigenvalue weighted by Gasteiger charge is -2.24. The highest BCUT2D eigenvalue weighted by atomic mass is 16.5. The maximum Gasteiger partial charge on any atom is 0.0591 e. The zero-order valence-corrected chi connectivity index (χ0v) is 11.6. The molecule has 17 heavy (non-hydrogen) atoms. The van der Waals surface area contributed by atoms with Crippen LogP contribution in [0.3, 0.4) is 0 Å². The number of hydrogen-bond donors (Lipinski definition) is 1. The van der Waals surface area contributed by atoms with Crippen molar-refractivity contribution in [1.29, 1.82) is 0 Å². The van der Waals surface area contributed by atoms with E-state index in [4.69, 9.17) is 4.74 Å². The third kappa shape index (κ3) is 6.81. The van der Waals surface area contributed by atoms with E-state index in [1.807, 2.05) is 0 Å². The van der Waals surface area contributed by atoms with Crippen LogP contribution in [0.15, 0.2) is 12.2 Å². The first-order chi connectivity index (χ1) is 8.20. The topological polar surface area (TPSA) is 24.5 Å². The van der Waals surface area contributed by atoms with Gasteiger partial charge in [-0.05, 0) is 38.8 Å². The monoisotopic (exact) mass is 240 g/mol. The predicted octanol–water partition coefficient (Wildman–Crippen LogP) is 1.76. The van der Waals surface area contributed by atoms with E-state index in [1.165, 1.54) is 12.8 Å². The third-order valence-corrected chi connectivity index (χ3v) is 3.41. The van der Waals surface area contributed by atoms with E-state index in [1.54, 1.807) is 0 Å². The summed E-state index contributed by atoms with van der Waals surface area (Å²) in [6.45, 7) is 7.17. The highest BCUT2D eigenvalue weighted by Gasteiger charge is 2.17. The second-order valence-electron chi connectivity index (χ2n) is 5.31. The molecule has 1 rings (SSSR count). The van der Waals surface area contributed by atoms with Gasteiger partial charge in [0.05, 0.1) is 13.2 Å². The van der Waals surface area contributed by atoms with Gasteiger partial charge in [-0.15, -0.1) is 0 Å². The van der Waals surface area contributed by atoms with E-state index < -0.39 is 0 Å². The second-order valence-corrected chi connectivity index (χ2v) is 5.31. The van der Waals surface area contributed by atoms with Crippen LogP contribution in [-0.2, 0) is 4.74 Å². The van der Waals surface area contributed by atoms with Crippen molar-refractivity contribution in [2.45, 2.75) is 19.8 Å². The van der Waals surface area contributed by atoms with Gasteiger partial charge in [-0.2, -0.15) is 0 Å². The largest absolute Gasteiger partial charge is 0.380 e. The zero-order valence-electron chi connectivity index (χ0n) is 11.6. The fraction of sp³-hybridized carbons (Fsp3) is 0.857. The Morgan fingerprint density at radius 2 is 2.00 bits per heavy atom. The minimum Gasteiger partial charge on any atom is -0.380 e. The molecule has 1 N–H and O–H groups in total. The second kappa shape index (κ2) is 8.67. The molecule has 0 amide bonds. The van der Waals surface area contributed by atoms with Gasteiger partial charge < -0.3 is 15.0 Å². The molecule has 2 unspecified atom stereocenters. The molecular formula is C14H28N2O. The van der Waals surface area contributed by atoms with Gasteiger partial charge in [0, 0.05) is 19.6 Å². The van der Waals surface area contributed by atoms with Gasteiger partial charge in [0.1, 0.15) is 0 Å². The summed E-state index contributed by atoms with van der Waals surface area (Å²) in [5.74, 6) is 1.50. The van der Waals surface area contributed by atoms with Crippen LogP contribution in [0.4, 0.5) is 0 Å². The van der Waals surface area contributed by atoms with E-state index in [2.05, 4.69) is 43.4 Å². The highest BCUT2D eigenvalue weighted by Crippen LogP contribution is 2.24. The first kappa shape index (κ1) is 14.7. The summed E-state index contributed by atoms with van der Waals surface area (Å²) < 4.78 is 5.74. The molecule has 0 fully saturated rings. The fourth-order valence-corrected chi connectivity index (χ4v) is 2.05. The quantitative estimate of drug-likeness (QED) is 0.517. The molecule has 0 spiro atoms. The molecule has 0 aromatic rings. The van der Waals surface area contributed by atoms with Crippen LogP contribution in [0.25, 0.3) is 0 Å². The number of nitrogens with one attached hydrogen (secondary N) is 1. The Kier molecular flexibility index (Phi) is 7.49. The smallest absolute Gasteiger partial charge is 0.0591 e. The maximum atomic E-state index is 5.74. The lowest BCUT2D eigenvalue weighted by Crippen LogP contribution is -2.29. The van der Waals surface area contributed by atoms with Crippen molar-refractivity contribution in [3.8, 4) is 0 Å². The Balaban J connectivity index is 1.92. The molecule has 0 aromatic heterocycles. The zero-order chi connectivity index (χ0) is 12.5. The molecule has 0 saturated heterocycles. The summed E-state index contributed by atoms with van der Waals surface area (Å²) in [6.07, 6.45) is 7.00. The normalized spacial score (nSPS) is 24.5. The number of allylic oxidation sites excluding steroid dienone is 2. The molecule has 1 aliphatic carbocycles. The van der Waals surface area contributed by atoms with Gasteiger partial charge in [-0.1, -0.05) is 19.1 Å². The van der Waals surface area contributed by atoms with Gasteiger partial charge in [0.15, 0.2) is 0 Å². The molecule has 1 aliphatic rings. The van der Waals surface area contributed by atoms with E-state index in [-0.39, 0.29) is 0 Å². The molecule has 0 heterocycles. The Morgan fingerprint density at radius 3 is 2.71 bits per heavy atom. The van der Waals surface area contributed by atoms with Gasteiger partial charge in [0.25, 0.3) is 0 Å². The van der Waals surface area contributed by atoms with Crippen LogP contribution in [0, 0.1) is 11.8 Å². The summed E-state index contributed by atoms with van der Waals surface area (Å²) in [4.78, 5) is 2.18. The van der Waals surface area contributed by atoms with Crippen molar-refractivity contribution in [3.05, 3.63) is 12.2 Å². The lowest BCUT2D eigenvalue weighted by molar-refractivity contribution is 0.0807. The van der Waals surface area contributed by atoms with Crippen LogP contribution >= 0.6 is 0 Å². The van der Waals surface area contributed by atoms with E-state index in [9.17, 15) is 0 Å². The third-order valence-electron chi connectivity index (χ3n) is 3.41. The van der Waals surface area contributed by atoms with Gasteiger partial charge in [0.2, 0.25) is 0 Å². The molecule has 0 aliphatic heterocycles. The van der Waals surface area contributed by atoms with Gasteiger partial charge in [-0.3, -0.25) is 0 Å². The Hall–Kier alpha value is -0.380. The summed E-state index contributed by atoms with van der Waals surface area (Å²) in [5.41, 5.74) is 0. The first-order valence-electron chi connectivity index (χ1n) is 6.78. The summed E-state index contributed by atoms with van der Waals surface area (Å²) in [5, 5.41) is 3.39. The van der Waals surface area contributed by atoms with E-state index >= 15 is 0 Å². The number of hydrogen-bond acceptors (Lipinski definition) is 3. The van der Waals surface area contributed by atoms with Crippen molar-refractivity contribution >= 4 is 0 Å². The molecule has 0 bridgehead atoms. The minimum absolute atomic E-state index is 0.724. The van der Waals surface area contributed by atoms with E-state index in [0.29, 0.717) is 0 Å². The van der Waals surface area contributed by atoms with Crippen molar-refractivity contribution in [2.75, 3.05) is 46.9 Å². The summed E-state index contributed by atoms with van der Waals surface area (Å²) in [6, 6.07) is 0. The van der Waals surface area contributed by atoms with Gasteiger partial charge in [-0.25, -0.2) is 0 Å². The number of nitrogens with zero attached hydrogens (tertiary/aromatic N) is 1. The molecular weight excluding hydrogens is 212 g/mol. The molecule has 100 valence electrons. The number of likely N-dealkylation sites (N-methyl/N-ethyl adjacent to an activating group) is 1. The Bertz CT molecular complexity index is 216. The average Bonchev–Trinajstić information content (AvgIpc) is 2.30. The maximum absolute atomic E-state index is 5.74. The van der Waals surface area contributed by atoms with Crippen LogP contribution in [0.5, 0.6) is 0 Å². The average molecular weight is 240 g/mol. The Morgan fingerprint density at radius 1 is 1.24 bits per heavy atom. The molecule has 0 radical (unpaired) electrons. The Labute approximate surface area is 106 Å². The first-order valence-corrected chi connectivity index (χ1v) is 6.78. The minimum atomic E-state index is 0.724. The lowest BCUT2D eigenvalue weighted by atomic mass is 9.85. The molecule has 0 saturated carbocycles. The SMILES string of the molecule is CC1CC=CCC1COCCNCCN(C)C. The van der Waals surface area contributed by atoms with Crippen molar-refractivity contribution < 1.29 is 4.74 Å². The van der Waals surface area contributed by atoms with Crippen LogP contribution in [0.1, 0.15) is 19.8 Å². The summed E-state index contributed by atoms with van der Waals surface area (Å²) in [7, 11) is 4.19. The van der Waals surface area contributed by atoms with Crippen molar-refractivity contribution in [1.82, 2.24) is 10.2 Å². The standard InChI is InChI=1S/C14H28N2O/c1-13-6-4-5-7-14(13)12-17-11-9-15-8-10-16(2)3/h4-5,13-15H,6-12H2,1-3H3. The molecule has 3 heteroatoms. The molecule has 0 aromatic carbocycles. The van der Waals surface area contributed by atoms with Crippen molar-refractivity contribution in [3.63, 3.8) is 0 Å². The van der Waals surface area contributed by atoms with E-state index in [0.717, 1.165) is 44.7 Å². The highest BCUT2D eigenvalue weighted by molar-refractivity contribution is 4.93. The predicted molar refractivity (Wildman–Crippen MR) is 73.3 cm³/mol. The van der Waals surface area contributed by atoms with Crippen LogP contribution in [-0.4, -0.2) is 51.8 Å². The van der Waals surface area contributed by atoms with Crippen molar-refractivity contribution in [2.24, 2.45) is 11.8 Å². The number of ether oxygens (including phenoxy) is 1.